The zero-order valence-corrected chi connectivity index (χ0v) is 7.88. The van der Waals surface area contributed by atoms with E-state index < -0.39 is 0 Å². The zero-order valence-electron chi connectivity index (χ0n) is 7.88. The molecule has 0 fully saturated rings. The number of carbonyl (C=O) groups excluding carboxylic acids is 1. The minimum Gasteiger partial charge on any atom is -0.442 e. The van der Waals surface area contributed by atoms with Crippen LogP contribution in [0.5, 0.6) is 0 Å². The van der Waals surface area contributed by atoms with Gasteiger partial charge in [0.05, 0.1) is 0 Å². The topological polar surface area (TPSA) is 50.4 Å². The van der Waals surface area contributed by atoms with Gasteiger partial charge in [0.15, 0.2) is 0 Å². The normalized spacial score (nSPS) is 23.0. The highest BCUT2D eigenvalue weighted by Crippen LogP contribution is 2.05. The van der Waals surface area contributed by atoms with Gasteiger partial charge in [-0.2, -0.15) is 0 Å². The van der Waals surface area contributed by atoms with Crippen molar-refractivity contribution in [1.29, 1.82) is 0 Å². The molecule has 1 unspecified atom stereocenters. The zero-order chi connectivity index (χ0) is 9.52. The van der Waals surface area contributed by atoms with Crippen LogP contribution in [0.1, 0.15) is 12.8 Å². The minimum atomic E-state index is -0.358. The van der Waals surface area contributed by atoms with Crippen LogP contribution in [0.15, 0.2) is 12.2 Å². The third-order valence-electron chi connectivity index (χ3n) is 1.92. The van der Waals surface area contributed by atoms with Gasteiger partial charge in [0.1, 0.15) is 6.10 Å². The smallest absolute Gasteiger partial charge is 0.407 e. The van der Waals surface area contributed by atoms with Crippen LogP contribution in [0.25, 0.3) is 0 Å². The Morgan fingerprint density at radius 1 is 1.69 bits per heavy atom. The van der Waals surface area contributed by atoms with E-state index in [1.165, 1.54) is 0 Å². The molecule has 0 aromatic rings. The third kappa shape index (κ3) is 3.94. The number of hydrogen-bond donors (Lipinski definition) is 2. The lowest BCUT2D eigenvalue weighted by atomic mass is 10.1. The van der Waals surface area contributed by atoms with E-state index in [9.17, 15) is 4.79 Å². The van der Waals surface area contributed by atoms with Crippen LogP contribution < -0.4 is 10.6 Å². The molecule has 0 aromatic carbocycles. The number of amides is 1. The molecule has 1 aliphatic heterocycles. The average Bonchev–Trinajstić information content (AvgIpc) is 2.09. The molecule has 4 nitrogen and oxygen atoms in total. The standard InChI is InChI=1S/C9H16N2O2/c1-10-9(12)13-8-4-2-6-11-7-3-5-8/h2,4,8,11H,3,5-7H2,1H3,(H,10,12). The van der Waals surface area contributed by atoms with Gasteiger partial charge in [0.25, 0.3) is 0 Å². The predicted octanol–water partition coefficient (Wildman–Crippen LogP) is 0.651. The monoisotopic (exact) mass is 184 g/mol. The summed E-state index contributed by atoms with van der Waals surface area (Å²) in [7, 11) is 1.57. The fourth-order valence-corrected chi connectivity index (χ4v) is 1.22. The molecule has 0 aliphatic carbocycles. The molecule has 0 radical (unpaired) electrons. The Bertz CT molecular complexity index is 192. The van der Waals surface area contributed by atoms with Crippen molar-refractivity contribution < 1.29 is 9.53 Å². The Morgan fingerprint density at radius 3 is 3.31 bits per heavy atom. The fraction of sp³-hybridized carbons (Fsp3) is 0.667. The molecule has 1 amide bonds. The summed E-state index contributed by atoms with van der Waals surface area (Å²) < 4.78 is 5.11. The fourth-order valence-electron chi connectivity index (χ4n) is 1.22. The number of carbonyl (C=O) groups is 1. The van der Waals surface area contributed by atoms with Gasteiger partial charge in [-0.15, -0.1) is 0 Å². The summed E-state index contributed by atoms with van der Waals surface area (Å²) in [4.78, 5) is 10.9. The quantitative estimate of drug-likeness (QED) is 0.588. The second-order valence-corrected chi connectivity index (χ2v) is 2.97. The maximum atomic E-state index is 10.9. The van der Waals surface area contributed by atoms with Crippen molar-refractivity contribution in [3.05, 3.63) is 12.2 Å². The average molecular weight is 184 g/mol. The Balaban J connectivity index is 2.37. The number of hydrogen-bond acceptors (Lipinski definition) is 3. The Labute approximate surface area is 78.3 Å². The van der Waals surface area contributed by atoms with Crippen molar-refractivity contribution in [3.8, 4) is 0 Å². The van der Waals surface area contributed by atoms with Crippen LogP contribution in [-0.2, 0) is 4.74 Å². The lowest BCUT2D eigenvalue weighted by Crippen LogP contribution is -2.27. The van der Waals surface area contributed by atoms with Crippen LogP contribution in [0.4, 0.5) is 4.79 Å². The van der Waals surface area contributed by atoms with Gasteiger partial charge in [0.2, 0.25) is 0 Å². The van der Waals surface area contributed by atoms with E-state index >= 15 is 0 Å². The Hall–Kier alpha value is -1.03. The Kier molecular flexibility index (Phi) is 4.32. The number of ether oxygens (including phenoxy) is 1. The summed E-state index contributed by atoms with van der Waals surface area (Å²) in [5.41, 5.74) is 0. The molecular formula is C9H16N2O2. The van der Waals surface area contributed by atoms with Crippen LogP contribution in [0, 0.1) is 0 Å². The number of alkyl carbamates (subject to hydrolysis) is 1. The van der Waals surface area contributed by atoms with E-state index in [0.717, 1.165) is 25.9 Å². The van der Waals surface area contributed by atoms with Crippen LogP contribution in [0.3, 0.4) is 0 Å². The van der Waals surface area contributed by atoms with Crippen molar-refractivity contribution in [2.75, 3.05) is 20.1 Å². The molecule has 1 rings (SSSR count). The minimum absolute atomic E-state index is 0.0675. The first-order valence-electron chi connectivity index (χ1n) is 4.58. The molecule has 0 saturated carbocycles. The molecule has 1 heterocycles. The first kappa shape index (κ1) is 10.1. The summed E-state index contributed by atoms with van der Waals surface area (Å²) in [6.45, 7) is 1.84. The Morgan fingerprint density at radius 2 is 2.54 bits per heavy atom. The van der Waals surface area contributed by atoms with Gasteiger partial charge in [-0.05, 0) is 25.5 Å². The summed E-state index contributed by atoms with van der Waals surface area (Å²) in [6.07, 6.45) is 5.42. The van der Waals surface area contributed by atoms with Gasteiger partial charge in [-0.3, -0.25) is 0 Å². The van der Waals surface area contributed by atoms with Crippen molar-refractivity contribution in [2.45, 2.75) is 18.9 Å². The van der Waals surface area contributed by atoms with Gasteiger partial charge in [-0.1, -0.05) is 6.08 Å². The first-order valence-corrected chi connectivity index (χ1v) is 4.58. The summed E-state index contributed by atoms with van der Waals surface area (Å²) in [6, 6.07) is 0. The summed E-state index contributed by atoms with van der Waals surface area (Å²) in [5.74, 6) is 0. The third-order valence-corrected chi connectivity index (χ3v) is 1.92. The van der Waals surface area contributed by atoms with Gasteiger partial charge in [0, 0.05) is 13.6 Å². The highest BCUT2D eigenvalue weighted by atomic mass is 16.6. The number of rotatable bonds is 1. The maximum Gasteiger partial charge on any atom is 0.407 e. The SMILES string of the molecule is CNC(=O)OC1C=CCNCCC1. The van der Waals surface area contributed by atoms with E-state index in [-0.39, 0.29) is 12.2 Å². The first-order chi connectivity index (χ1) is 6.33. The van der Waals surface area contributed by atoms with E-state index in [1.54, 1.807) is 7.05 Å². The van der Waals surface area contributed by atoms with E-state index in [4.69, 9.17) is 4.74 Å². The molecule has 0 aromatic heterocycles. The van der Waals surface area contributed by atoms with Crippen LogP contribution in [-0.4, -0.2) is 32.3 Å². The lowest BCUT2D eigenvalue weighted by molar-refractivity contribution is 0.116. The molecule has 0 bridgehead atoms. The molecule has 0 saturated heterocycles. The van der Waals surface area contributed by atoms with Crippen molar-refractivity contribution >= 4 is 6.09 Å². The summed E-state index contributed by atoms with van der Waals surface area (Å²) in [5, 5.41) is 5.67. The lowest BCUT2D eigenvalue weighted by Gasteiger charge is -2.16. The van der Waals surface area contributed by atoms with Crippen molar-refractivity contribution in [3.63, 3.8) is 0 Å². The molecule has 74 valence electrons. The second-order valence-electron chi connectivity index (χ2n) is 2.97. The van der Waals surface area contributed by atoms with E-state index in [1.807, 2.05) is 12.2 Å². The largest absolute Gasteiger partial charge is 0.442 e. The number of nitrogens with one attached hydrogen (secondary N) is 2. The summed E-state index contributed by atoms with van der Waals surface area (Å²) >= 11 is 0. The van der Waals surface area contributed by atoms with Gasteiger partial charge in [-0.25, -0.2) is 4.79 Å². The maximum absolute atomic E-state index is 10.9. The van der Waals surface area contributed by atoms with Crippen LogP contribution >= 0.6 is 0 Å². The predicted molar refractivity (Wildman–Crippen MR) is 50.6 cm³/mol. The molecule has 4 heteroatoms. The highest BCUT2D eigenvalue weighted by Gasteiger charge is 2.10. The molecule has 1 atom stereocenters. The van der Waals surface area contributed by atoms with Crippen molar-refractivity contribution in [1.82, 2.24) is 10.6 Å². The van der Waals surface area contributed by atoms with Gasteiger partial charge >= 0.3 is 6.09 Å². The van der Waals surface area contributed by atoms with Crippen molar-refractivity contribution in [2.24, 2.45) is 0 Å². The highest BCUT2D eigenvalue weighted by molar-refractivity contribution is 5.67. The molecule has 1 aliphatic rings. The van der Waals surface area contributed by atoms with Crippen LogP contribution in [0.2, 0.25) is 0 Å². The molecule has 2 N–H and O–H groups in total. The molecular weight excluding hydrogens is 168 g/mol. The van der Waals surface area contributed by atoms with E-state index in [2.05, 4.69) is 10.6 Å². The molecule has 13 heavy (non-hydrogen) atoms. The van der Waals surface area contributed by atoms with E-state index in [0.29, 0.717) is 0 Å². The second kappa shape index (κ2) is 5.59. The molecule has 0 spiro atoms. The van der Waals surface area contributed by atoms with Gasteiger partial charge < -0.3 is 15.4 Å².